The smallest absolute Gasteiger partial charge is 0.337 e. The quantitative estimate of drug-likeness (QED) is 0.201. The van der Waals surface area contributed by atoms with Crippen molar-refractivity contribution < 1.29 is 13.9 Å². The third-order valence-corrected chi connectivity index (χ3v) is 10.3. The number of rotatable bonds is 11. The number of carbonyl (C=O) groups is 1. The number of likely N-dealkylation sites (N-methyl/N-ethyl adjacent to an activating group) is 1. The van der Waals surface area contributed by atoms with Gasteiger partial charge in [0.1, 0.15) is 17.3 Å². The highest BCUT2D eigenvalue weighted by molar-refractivity contribution is 5.92. The van der Waals surface area contributed by atoms with Gasteiger partial charge < -0.3 is 14.6 Å². The standard InChI is InChI=1S/C39H44FN7O4/c1-3-44(19-20-51-2)24-26-10-12-27(13-11-26)28-7-6-8-32(21-28)46-36-33(22-29(40)23-41-36)38(49)47(39(46)50)31-16-14-30(15-17-31)42-37(48)34-25-45-18-5-4-9-35(45)43-34/h6-8,10-13,21-23,25,30-31H,3-5,9,14-20,24H2,1-2H3,(H,42,48)/t30-,31+. The molecule has 12 heteroatoms. The average Bonchev–Trinajstić information content (AvgIpc) is 3.60. The van der Waals surface area contributed by atoms with Gasteiger partial charge in [-0.25, -0.2) is 23.7 Å². The van der Waals surface area contributed by atoms with E-state index in [-0.39, 0.29) is 23.0 Å². The molecule has 51 heavy (non-hydrogen) atoms. The first kappa shape index (κ1) is 34.5. The number of aryl methyl sites for hydroxylation is 2. The summed E-state index contributed by atoms with van der Waals surface area (Å²) >= 11 is 0. The van der Waals surface area contributed by atoms with Crippen LogP contribution in [0.2, 0.25) is 0 Å². The van der Waals surface area contributed by atoms with Gasteiger partial charge >= 0.3 is 5.69 Å². The van der Waals surface area contributed by atoms with Gasteiger partial charge in [-0.05, 0) is 80.0 Å². The predicted molar refractivity (Wildman–Crippen MR) is 194 cm³/mol. The first-order valence-corrected chi connectivity index (χ1v) is 17.9. The number of nitrogens with zero attached hydrogens (tertiary/aromatic N) is 6. The lowest BCUT2D eigenvalue weighted by molar-refractivity contribution is 0.0917. The number of hydrogen-bond acceptors (Lipinski definition) is 7. The van der Waals surface area contributed by atoms with Crippen LogP contribution in [0.15, 0.2) is 76.6 Å². The van der Waals surface area contributed by atoms with E-state index < -0.39 is 23.1 Å². The van der Waals surface area contributed by atoms with E-state index in [0.717, 1.165) is 74.7 Å². The Labute approximate surface area is 295 Å². The number of amides is 1. The lowest BCUT2D eigenvalue weighted by Crippen LogP contribution is -2.45. The van der Waals surface area contributed by atoms with Crippen molar-refractivity contribution in [1.29, 1.82) is 0 Å². The largest absolute Gasteiger partial charge is 0.383 e. The van der Waals surface area contributed by atoms with Gasteiger partial charge in [-0.3, -0.25) is 19.1 Å². The number of fused-ring (bicyclic) bond motifs is 2. The van der Waals surface area contributed by atoms with E-state index in [2.05, 4.69) is 55.9 Å². The zero-order valence-corrected chi connectivity index (χ0v) is 29.2. The predicted octanol–water partition coefficient (Wildman–Crippen LogP) is 5.27. The number of halogens is 1. The molecule has 1 aliphatic carbocycles. The number of methoxy groups -OCH3 is 1. The second-order valence-electron chi connectivity index (χ2n) is 13.6. The second kappa shape index (κ2) is 15.1. The minimum atomic E-state index is -0.651. The van der Waals surface area contributed by atoms with Crippen molar-refractivity contribution in [2.45, 2.75) is 77.0 Å². The van der Waals surface area contributed by atoms with Crippen LogP contribution in [-0.4, -0.2) is 67.3 Å². The van der Waals surface area contributed by atoms with Crippen molar-refractivity contribution in [3.05, 3.63) is 111 Å². The van der Waals surface area contributed by atoms with E-state index in [1.54, 1.807) is 13.2 Å². The van der Waals surface area contributed by atoms with Gasteiger partial charge in [0, 0.05) is 51.4 Å². The molecule has 2 aromatic carbocycles. The summed E-state index contributed by atoms with van der Waals surface area (Å²) in [6.07, 6.45) is 8.07. The van der Waals surface area contributed by atoms with Crippen LogP contribution in [0.4, 0.5) is 4.39 Å². The molecule has 5 aromatic rings. The van der Waals surface area contributed by atoms with Crippen LogP contribution < -0.4 is 16.6 Å². The number of pyridine rings is 1. The van der Waals surface area contributed by atoms with Crippen LogP contribution in [0.5, 0.6) is 0 Å². The minimum Gasteiger partial charge on any atom is -0.383 e. The SMILES string of the molecule is CCN(CCOC)Cc1ccc(-c2cccc(-n3c(=O)n([C@H]4CC[C@@H](NC(=O)c5cn6c(n5)CCCC6)CC4)c(=O)c4cc(F)cnc43)c2)cc1. The van der Waals surface area contributed by atoms with E-state index in [0.29, 0.717) is 43.7 Å². The van der Waals surface area contributed by atoms with E-state index in [1.165, 1.54) is 14.7 Å². The van der Waals surface area contributed by atoms with Gasteiger partial charge in [0.05, 0.1) is 23.9 Å². The number of carbonyl (C=O) groups excluding carboxylic acids is 1. The van der Waals surface area contributed by atoms with Crippen LogP contribution in [0, 0.1) is 5.82 Å². The highest BCUT2D eigenvalue weighted by Crippen LogP contribution is 2.29. The van der Waals surface area contributed by atoms with Gasteiger partial charge in [0.2, 0.25) is 0 Å². The fourth-order valence-electron chi connectivity index (χ4n) is 7.45. The first-order valence-electron chi connectivity index (χ1n) is 17.9. The number of nitrogens with one attached hydrogen (secondary N) is 1. The molecule has 11 nitrogen and oxygen atoms in total. The number of benzene rings is 2. The fourth-order valence-corrected chi connectivity index (χ4v) is 7.45. The number of hydrogen-bond donors (Lipinski definition) is 1. The lowest BCUT2D eigenvalue weighted by Gasteiger charge is -2.30. The van der Waals surface area contributed by atoms with Crippen molar-refractivity contribution >= 4 is 16.9 Å². The molecule has 4 heterocycles. The van der Waals surface area contributed by atoms with Gasteiger partial charge in [-0.1, -0.05) is 43.3 Å². The normalized spacial score (nSPS) is 17.5. The van der Waals surface area contributed by atoms with Gasteiger partial charge in [-0.2, -0.15) is 0 Å². The molecule has 1 N–H and O–H groups in total. The molecule has 0 saturated heterocycles. The molecule has 0 atom stereocenters. The number of imidazole rings is 1. The zero-order chi connectivity index (χ0) is 35.5. The molecule has 1 aliphatic heterocycles. The summed E-state index contributed by atoms with van der Waals surface area (Å²) in [7, 11) is 1.71. The summed E-state index contributed by atoms with van der Waals surface area (Å²) in [5.74, 6) is 0.0948. The Kier molecular flexibility index (Phi) is 10.2. The monoisotopic (exact) mass is 693 g/mol. The number of aromatic nitrogens is 5. The molecule has 7 rings (SSSR count). The van der Waals surface area contributed by atoms with Crippen molar-refractivity contribution in [3.63, 3.8) is 0 Å². The van der Waals surface area contributed by atoms with Crippen LogP contribution in [0.25, 0.3) is 27.8 Å². The van der Waals surface area contributed by atoms with Crippen molar-refractivity contribution in [1.82, 2.24) is 33.9 Å². The molecule has 1 saturated carbocycles. The van der Waals surface area contributed by atoms with Gasteiger partial charge in [0.15, 0.2) is 5.65 Å². The maximum atomic E-state index is 14.5. The average molecular weight is 694 g/mol. The molecule has 2 aliphatic rings. The molecule has 266 valence electrons. The summed E-state index contributed by atoms with van der Waals surface area (Å²) < 4.78 is 24.5. The fraction of sp³-hybridized carbons (Fsp3) is 0.410. The third kappa shape index (κ3) is 7.29. The molecule has 0 bridgehead atoms. The van der Waals surface area contributed by atoms with E-state index in [9.17, 15) is 18.8 Å². The van der Waals surface area contributed by atoms with E-state index in [1.807, 2.05) is 24.4 Å². The Morgan fingerprint density at radius 1 is 1.04 bits per heavy atom. The van der Waals surface area contributed by atoms with Crippen LogP contribution in [0.3, 0.4) is 0 Å². The highest BCUT2D eigenvalue weighted by Gasteiger charge is 2.29. The first-order chi connectivity index (χ1) is 24.8. The van der Waals surface area contributed by atoms with Crippen molar-refractivity contribution in [2.75, 3.05) is 26.8 Å². The summed E-state index contributed by atoms with van der Waals surface area (Å²) in [4.78, 5) is 52.3. The molecule has 1 fully saturated rings. The third-order valence-electron chi connectivity index (χ3n) is 10.3. The Morgan fingerprint density at radius 2 is 1.84 bits per heavy atom. The van der Waals surface area contributed by atoms with Crippen molar-refractivity contribution in [2.24, 2.45) is 0 Å². The zero-order valence-electron chi connectivity index (χ0n) is 29.2. The minimum absolute atomic E-state index is 0.0393. The Morgan fingerprint density at radius 3 is 2.59 bits per heavy atom. The summed E-state index contributed by atoms with van der Waals surface area (Å²) in [6.45, 7) is 6.27. The molecule has 0 radical (unpaired) electrons. The maximum absolute atomic E-state index is 14.5. The molecule has 0 spiro atoms. The molecular weight excluding hydrogens is 649 g/mol. The second-order valence-corrected chi connectivity index (χ2v) is 13.6. The topological polar surface area (TPSA) is 116 Å². The van der Waals surface area contributed by atoms with Crippen LogP contribution >= 0.6 is 0 Å². The van der Waals surface area contributed by atoms with Gasteiger partial charge in [-0.15, -0.1) is 0 Å². The highest BCUT2D eigenvalue weighted by atomic mass is 19.1. The molecule has 0 unspecified atom stereocenters. The van der Waals surface area contributed by atoms with Crippen LogP contribution in [0.1, 0.15) is 73.4 Å². The van der Waals surface area contributed by atoms with Crippen molar-refractivity contribution in [3.8, 4) is 16.8 Å². The molecular formula is C39H44FN7O4. The lowest BCUT2D eigenvalue weighted by atomic mass is 9.90. The Bertz CT molecular complexity index is 2120. The van der Waals surface area contributed by atoms with Gasteiger partial charge in [0.25, 0.3) is 11.5 Å². The maximum Gasteiger partial charge on any atom is 0.337 e. The summed E-state index contributed by atoms with van der Waals surface area (Å²) in [6, 6.07) is 16.5. The van der Waals surface area contributed by atoms with Crippen LogP contribution in [-0.2, 0) is 24.2 Å². The molecule has 1 amide bonds. The Hall–Kier alpha value is -4.94. The number of ether oxygens (including phenoxy) is 1. The van der Waals surface area contributed by atoms with E-state index in [4.69, 9.17) is 4.74 Å². The summed E-state index contributed by atoms with van der Waals surface area (Å²) in [5, 5.41) is 3.15. The Balaban J connectivity index is 1.14. The van der Waals surface area contributed by atoms with E-state index >= 15 is 0 Å². The molecule has 3 aromatic heterocycles. The summed E-state index contributed by atoms with van der Waals surface area (Å²) in [5.41, 5.74) is 3.02.